The van der Waals surface area contributed by atoms with Gasteiger partial charge in [0.05, 0.1) is 30.7 Å². The number of benzene rings is 2. The van der Waals surface area contributed by atoms with Crippen molar-refractivity contribution in [1.29, 1.82) is 0 Å². The number of morpholine rings is 1. The first-order chi connectivity index (χ1) is 11.4. The van der Waals surface area contributed by atoms with Crippen molar-refractivity contribution < 1.29 is 23.1 Å². The van der Waals surface area contributed by atoms with E-state index in [1.54, 1.807) is 29.2 Å². The minimum absolute atomic E-state index is 0.152. The number of sulfonamides is 1. The number of carbonyl (C=O) groups is 1. The number of amides is 1. The monoisotopic (exact) mass is 350 g/mol. The molecule has 1 saturated heterocycles. The Morgan fingerprint density at radius 1 is 1.17 bits per heavy atom. The van der Waals surface area contributed by atoms with Crippen molar-refractivity contribution in [2.24, 2.45) is 0 Å². The molecule has 2 N–H and O–H groups in total. The van der Waals surface area contributed by atoms with Crippen molar-refractivity contribution in [3.05, 3.63) is 35.9 Å². The van der Waals surface area contributed by atoms with E-state index in [0.717, 1.165) is 6.26 Å². The number of phenols is 1. The number of hydrogen-bond donors (Lipinski definition) is 2. The largest absolute Gasteiger partial charge is 0.506 e. The van der Waals surface area contributed by atoms with Gasteiger partial charge in [-0.05, 0) is 12.1 Å². The summed E-state index contributed by atoms with van der Waals surface area (Å²) in [5.74, 6) is -0.416. The smallest absolute Gasteiger partial charge is 0.257 e. The standard InChI is InChI=1S/C16H18N2O5S/c1-24(21,22)17-14-4-2-3-12-11(14)5-6-13(15(12)19)16(20)18-7-9-23-10-8-18/h2-6,17,19H,7-10H2,1H3. The number of nitrogens with zero attached hydrogens (tertiary/aromatic N) is 1. The Balaban J connectivity index is 2.03. The summed E-state index contributed by atoms with van der Waals surface area (Å²) in [4.78, 5) is 14.2. The third-order valence-electron chi connectivity index (χ3n) is 3.86. The summed E-state index contributed by atoms with van der Waals surface area (Å²) in [7, 11) is -3.45. The normalized spacial score (nSPS) is 15.5. The van der Waals surface area contributed by atoms with Crippen LogP contribution in [0, 0.1) is 0 Å². The number of fused-ring (bicyclic) bond motifs is 1. The fourth-order valence-corrected chi connectivity index (χ4v) is 3.32. The highest BCUT2D eigenvalue weighted by Crippen LogP contribution is 2.34. The van der Waals surface area contributed by atoms with Gasteiger partial charge in [0.15, 0.2) is 0 Å². The van der Waals surface area contributed by atoms with Crippen molar-refractivity contribution >= 4 is 32.4 Å². The molecule has 1 heterocycles. The Morgan fingerprint density at radius 3 is 2.54 bits per heavy atom. The van der Waals surface area contributed by atoms with E-state index in [1.165, 1.54) is 6.07 Å². The van der Waals surface area contributed by atoms with Crippen LogP contribution in [0.2, 0.25) is 0 Å². The third kappa shape index (κ3) is 3.29. The van der Waals surface area contributed by atoms with E-state index in [-0.39, 0.29) is 17.2 Å². The molecule has 1 aliphatic rings. The zero-order valence-corrected chi connectivity index (χ0v) is 14.0. The molecule has 0 aliphatic carbocycles. The van der Waals surface area contributed by atoms with Crippen LogP contribution in [0.3, 0.4) is 0 Å². The molecule has 3 rings (SSSR count). The Hall–Kier alpha value is -2.32. The second kappa shape index (κ2) is 6.29. The molecule has 0 aromatic heterocycles. The Labute approximate surface area is 139 Å². The van der Waals surface area contributed by atoms with Crippen LogP contribution >= 0.6 is 0 Å². The SMILES string of the molecule is CS(=O)(=O)Nc1cccc2c(O)c(C(=O)N3CCOCC3)ccc12. The van der Waals surface area contributed by atoms with E-state index in [2.05, 4.69) is 4.72 Å². The van der Waals surface area contributed by atoms with Crippen LogP contribution in [-0.2, 0) is 14.8 Å². The van der Waals surface area contributed by atoms with Gasteiger partial charge in [0.2, 0.25) is 10.0 Å². The van der Waals surface area contributed by atoms with Gasteiger partial charge >= 0.3 is 0 Å². The lowest BCUT2D eigenvalue weighted by atomic mass is 10.0. The highest BCUT2D eigenvalue weighted by atomic mass is 32.2. The topological polar surface area (TPSA) is 95.9 Å². The Morgan fingerprint density at radius 2 is 1.88 bits per heavy atom. The fourth-order valence-electron chi connectivity index (χ4n) is 2.74. The molecule has 0 spiro atoms. The molecule has 128 valence electrons. The van der Waals surface area contributed by atoms with Crippen LogP contribution in [0.5, 0.6) is 5.75 Å². The maximum Gasteiger partial charge on any atom is 0.257 e. The van der Waals surface area contributed by atoms with Gasteiger partial charge in [-0.15, -0.1) is 0 Å². The molecule has 0 bridgehead atoms. The van der Waals surface area contributed by atoms with Crippen molar-refractivity contribution in [2.75, 3.05) is 37.3 Å². The molecule has 7 nitrogen and oxygen atoms in total. The number of anilines is 1. The van der Waals surface area contributed by atoms with Gasteiger partial charge in [-0.3, -0.25) is 9.52 Å². The van der Waals surface area contributed by atoms with E-state index in [4.69, 9.17) is 4.74 Å². The molecule has 0 atom stereocenters. The lowest BCUT2D eigenvalue weighted by molar-refractivity contribution is 0.0301. The summed E-state index contributed by atoms with van der Waals surface area (Å²) >= 11 is 0. The summed E-state index contributed by atoms with van der Waals surface area (Å²) in [6, 6.07) is 8.03. The highest BCUT2D eigenvalue weighted by molar-refractivity contribution is 7.92. The first kappa shape index (κ1) is 16.5. The zero-order chi connectivity index (χ0) is 17.3. The molecule has 1 aliphatic heterocycles. The molecule has 2 aromatic carbocycles. The van der Waals surface area contributed by atoms with E-state index < -0.39 is 10.0 Å². The van der Waals surface area contributed by atoms with Crippen molar-refractivity contribution in [3.8, 4) is 5.75 Å². The molecule has 0 radical (unpaired) electrons. The average molecular weight is 350 g/mol. The molecular weight excluding hydrogens is 332 g/mol. The number of carbonyl (C=O) groups excluding carboxylic acids is 1. The van der Waals surface area contributed by atoms with Gasteiger partial charge in [0.25, 0.3) is 5.91 Å². The Kier molecular flexibility index (Phi) is 4.33. The van der Waals surface area contributed by atoms with Crippen molar-refractivity contribution in [1.82, 2.24) is 4.90 Å². The van der Waals surface area contributed by atoms with Gasteiger partial charge in [0.1, 0.15) is 5.75 Å². The lowest BCUT2D eigenvalue weighted by Crippen LogP contribution is -2.40. The van der Waals surface area contributed by atoms with Crippen LogP contribution in [-0.4, -0.2) is 56.9 Å². The second-order valence-corrected chi connectivity index (χ2v) is 7.39. The first-order valence-corrected chi connectivity index (χ1v) is 9.35. The number of nitrogens with one attached hydrogen (secondary N) is 1. The van der Waals surface area contributed by atoms with Crippen LogP contribution in [0.1, 0.15) is 10.4 Å². The maximum atomic E-state index is 12.6. The van der Waals surface area contributed by atoms with Crippen LogP contribution in [0.15, 0.2) is 30.3 Å². The molecule has 2 aromatic rings. The highest BCUT2D eigenvalue weighted by Gasteiger charge is 2.22. The third-order valence-corrected chi connectivity index (χ3v) is 4.45. The fraction of sp³-hybridized carbons (Fsp3) is 0.312. The lowest BCUT2D eigenvalue weighted by Gasteiger charge is -2.27. The first-order valence-electron chi connectivity index (χ1n) is 7.46. The van der Waals surface area contributed by atoms with E-state index >= 15 is 0 Å². The van der Waals surface area contributed by atoms with Crippen molar-refractivity contribution in [3.63, 3.8) is 0 Å². The maximum absolute atomic E-state index is 12.6. The number of rotatable bonds is 3. The summed E-state index contributed by atoms with van der Waals surface area (Å²) in [5, 5.41) is 11.5. The summed E-state index contributed by atoms with van der Waals surface area (Å²) in [5.41, 5.74) is 0.552. The van der Waals surface area contributed by atoms with Crippen molar-refractivity contribution in [2.45, 2.75) is 0 Å². The van der Waals surface area contributed by atoms with Crippen LogP contribution in [0.4, 0.5) is 5.69 Å². The van der Waals surface area contributed by atoms with E-state index in [9.17, 15) is 18.3 Å². The van der Waals surface area contributed by atoms with E-state index in [1.807, 2.05) is 0 Å². The molecular formula is C16H18N2O5S. The molecule has 0 unspecified atom stereocenters. The molecule has 1 amide bonds. The molecule has 24 heavy (non-hydrogen) atoms. The van der Waals surface area contributed by atoms with Gasteiger partial charge in [-0.1, -0.05) is 18.2 Å². The number of aromatic hydroxyl groups is 1. The van der Waals surface area contributed by atoms with Crippen LogP contribution in [0.25, 0.3) is 10.8 Å². The zero-order valence-electron chi connectivity index (χ0n) is 13.2. The second-order valence-electron chi connectivity index (χ2n) is 5.64. The van der Waals surface area contributed by atoms with Gasteiger partial charge in [-0.2, -0.15) is 0 Å². The summed E-state index contributed by atoms with van der Waals surface area (Å²) < 4.78 is 30.6. The molecule has 1 fully saturated rings. The predicted molar refractivity (Wildman–Crippen MR) is 90.8 cm³/mol. The molecule has 0 saturated carbocycles. The number of ether oxygens (including phenoxy) is 1. The van der Waals surface area contributed by atoms with E-state index in [0.29, 0.717) is 42.8 Å². The van der Waals surface area contributed by atoms with Gasteiger partial charge < -0.3 is 14.7 Å². The minimum Gasteiger partial charge on any atom is -0.506 e. The predicted octanol–water partition coefficient (Wildman–Crippen LogP) is 1.39. The van der Waals surface area contributed by atoms with Gasteiger partial charge in [-0.25, -0.2) is 8.42 Å². The van der Waals surface area contributed by atoms with Crippen LogP contribution < -0.4 is 4.72 Å². The summed E-state index contributed by atoms with van der Waals surface area (Å²) in [6.45, 7) is 1.91. The summed E-state index contributed by atoms with van der Waals surface area (Å²) in [6.07, 6.45) is 1.06. The average Bonchev–Trinajstić information content (AvgIpc) is 2.55. The quantitative estimate of drug-likeness (QED) is 0.872. The van der Waals surface area contributed by atoms with Gasteiger partial charge in [0, 0.05) is 23.9 Å². The molecule has 8 heteroatoms. The number of hydrogen-bond acceptors (Lipinski definition) is 5. The minimum atomic E-state index is -3.45. The Bertz CT molecular complexity index is 889. The number of phenolic OH excluding ortho intramolecular Hbond substituents is 1.